The van der Waals surface area contributed by atoms with Gasteiger partial charge in [0.25, 0.3) is 6.26 Å². The Morgan fingerprint density at radius 3 is 2.50 bits per heavy atom. The van der Waals surface area contributed by atoms with Gasteiger partial charge in [0.1, 0.15) is 0 Å². The molecular formula is C2H3FNO3P. The highest BCUT2D eigenvalue weighted by molar-refractivity contribution is 7.52. The van der Waals surface area contributed by atoms with Gasteiger partial charge in [0.15, 0.2) is 0 Å². The summed E-state index contributed by atoms with van der Waals surface area (Å²) in [7, 11) is -3.70. The minimum absolute atomic E-state index is 0.843. The van der Waals surface area contributed by atoms with E-state index in [9.17, 15) is 9.09 Å². The second-order valence-corrected chi connectivity index (χ2v) is 2.89. The minimum Gasteiger partial charge on any atom is -0.348 e. The molecule has 1 unspecified atom stereocenters. The van der Waals surface area contributed by atoms with Crippen LogP contribution in [-0.2, 0) is 13.8 Å². The van der Waals surface area contributed by atoms with Gasteiger partial charge in [0.05, 0.1) is 6.66 Å². The van der Waals surface area contributed by atoms with Gasteiger partial charge in [0.2, 0.25) is 0 Å². The molecule has 4 nitrogen and oxygen atoms in total. The number of nitrogens with zero attached hydrogens (tertiary/aromatic N) is 1. The quantitative estimate of drug-likeness (QED) is 0.426. The minimum atomic E-state index is -3.70. The van der Waals surface area contributed by atoms with Crippen molar-refractivity contribution in [2.75, 3.05) is 6.66 Å². The summed E-state index contributed by atoms with van der Waals surface area (Å²) in [6, 6.07) is 0. The monoisotopic (exact) mass is 139 g/mol. The van der Waals surface area contributed by atoms with Gasteiger partial charge in [0, 0.05) is 0 Å². The van der Waals surface area contributed by atoms with Crippen LogP contribution >= 0.6 is 7.60 Å². The molecule has 0 aromatic heterocycles. The molecule has 0 aliphatic rings. The standard InChI is InChI=1S/C2H3FNO3P/c1-8(5,7-3)6-2-4/h1H3. The summed E-state index contributed by atoms with van der Waals surface area (Å²) < 4.78 is 27.5. The molecular weight excluding hydrogens is 136 g/mol. The van der Waals surface area contributed by atoms with E-state index in [1.807, 2.05) is 0 Å². The molecule has 0 aliphatic carbocycles. The van der Waals surface area contributed by atoms with Crippen LogP contribution in [0.2, 0.25) is 0 Å². The molecule has 8 heavy (non-hydrogen) atoms. The van der Waals surface area contributed by atoms with Crippen molar-refractivity contribution in [1.29, 1.82) is 5.26 Å². The molecule has 0 radical (unpaired) electrons. The molecule has 1 atom stereocenters. The Hall–Kier alpha value is -0.590. The van der Waals surface area contributed by atoms with Gasteiger partial charge in [-0.1, -0.05) is 4.73 Å². The summed E-state index contributed by atoms with van der Waals surface area (Å²) in [5.74, 6) is 0. The molecule has 6 heteroatoms. The summed E-state index contributed by atoms with van der Waals surface area (Å²) in [5.41, 5.74) is 0. The lowest BCUT2D eigenvalue weighted by Crippen LogP contribution is -1.78. The van der Waals surface area contributed by atoms with E-state index in [0.717, 1.165) is 12.9 Å². The summed E-state index contributed by atoms with van der Waals surface area (Å²) in [5, 5.41) is 7.64. The van der Waals surface area contributed by atoms with Gasteiger partial charge in [-0.3, -0.25) is 0 Å². The molecule has 0 N–H and O–H groups in total. The fraction of sp³-hybridized carbons (Fsp3) is 0.500. The lowest BCUT2D eigenvalue weighted by molar-refractivity contribution is -0.0173. The number of hydrogen-bond acceptors (Lipinski definition) is 4. The molecule has 0 rings (SSSR count). The predicted molar refractivity (Wildman–Crippen MR) is 22.4 cm³/mol. The Labute approximate surface area is 45.3 Å². The number of halogens is 1. The maximum atomic E-state index is 10.9. The molecule has 0 heterocycles. The Bertz CT molecular complexity index is 152. The molecule has 0 fully saturated rings. The largest absolute Gasteiger partial charge is 0.417 e. The molecule has 0 amide bonds. The summed E-state index contributed by atoms with van der Waals surface area (Å²) >= 11 is 0. The van der Waals surface area contributed by atoms with Gasteiger partial charge in [-0.25, -0.2) is 4.57 Å². The van der Waals surface area contributed by atoms with Crippen LogP contribution in [0.15, 0.2) is 0 Å². The predicted octanol–water partition coefficient (Wildman–Crippen LogP) is 1.21. The molecule has 0 aliphatic heterocycles. The van der Waals surface area contributed by atoms with Crippen LogP contribution in [0.25, 0.3) is 0 Å². The van der Waals surface area contributed by atoms with Crippen LogP contribution in [0.5, 0.6) is 0 Å². The van der Waals surface area contributed by atoms with Gasteiger partial charge >= 0.3 is 7.60 Å². The van der Waals surface area contributed by atoms with Crippen LogP contribution in [0.4, 0.5) is 4.53 Å². The van der Waals surface area contributed by atoms with Crippen LogP contribution in [0.1, 0.15) is 0 Å². The van der Waals surface area contributed by atoms with E-state index in [2.05, 4.69) is 9.25 Å². The van der Waals surface area contributed by atoms with Crippen molar-refractivity contribution in [2.24, 2.45) is 0 Å². The zero-order chi connectivity index (χ0) is 6.62. The van der Waals surface area contributed by atoms with Crippen LogP contribution in [0, 0.1) is 11.5 Å². The first kappa shape index (κ1) is 7.41. The molecule has 0 saturated heterocycles. The van der Waals surface area contributed by atoms with Crippen molar-refractivity contribution in [3.63, 3.8) is 0 Å². The Morgan fingerprint density at radius 1 is 1.88 bits per heavy atom. The van der Waals surface area contributed by atoms with Crippen molar-refractivity contribution in [1.82, 2.24) is 0 Å². The third kappa shape index (κ3) is 2.56. The van der Waals surface area contributed by atoms with Crippen molar-refractivity contribution in [2.45, 2.75) is 0 Å². The first-order valence-electron chi connectivity index (χ1n) is 1.58. The van der Waals surface area contributed by atoms with Crippen molar-refractivity contribution >= 4 is 7.60 Å². The van der Waals surface area contributed by atoms with Crippen molar-refractivity contribution < 1.29 is 18.3 Å². The second kappa shape index (κ2) is 2.65. The van der Waals surface area contributed by atoms with E-state index in [0.29, 0.717) is 0 Å². The van der Waals surface area contributed by atoms with Gasteiger partial charge in [-0.15, -0.1) is 5.26 Å². The normalized spacial score (nSPS) is 16.1. The van der Waals surface area contributed by atoms with E-state index in [1.165, 1.54) is 0 Å². The van der Waals surface area contributed by atoms with Gasteiger partial charge in [-0.05, 0) is 4.53 Å². The lowest BCUT2D eigenvalue weighted by Gasteiger charge is -1.97. The fourth-order valence-corrected chi connectivity index (χ4v) is 0.265. The number of hydrogen-bond donors (Lipinski definition) is 0. The van der Waals surface area contributed by atoms with E-state index in [4.69, 9.17) is 5.26 Å². The van der Waals surface area contributed by atoms with Gasteiger partial charge < -0.3 is 4.52 Å². The number of rotatable bonds is 2. The molecule has 0 aromatic carbocycles. The molecule has 0 aromatic rings. The first-order valence-corrected chi connectivity index (χ1v) is 3.57. The fourth-order valence-electron chi connectivity index (χ4n) is 0.0882. The van der Waals surface area contributed by atoms with E-state index < -0.39 is 7.60 Å². The lowest BCUT2D eigenvalue weighted by atomic mass is 11.6. The third-order valence-electron chi connectivity index (χ3n) is 0.332. The highest BCUT2D eigenvalue weighted by atomic mass is 31.2. The van der Waals surface area contributed by atoms with Crippen molar-refractivity contribution in [3.8, 4) is 6.26 Å². The van der Waals surface area contributed by atoms with Gasteiger partial charge in [-0.2, -0.15) is 0 Å². The van der Waals surface area contributed by atoms with E-state index in [1.54, 1.807) is 0 Å². The average Bonchev–Trinajstić information content (AvgIpc) is 1.67. The molecule has 0 spiro atoms. The summed E-state index contributed by atoms with van der Waals surface area (Å²) in [6.45, 7) is 0.843. The zero-order valence-corrected chi connectivity index (χ0v) is 4.89. The Morgan fingerprint density at radius 2 is 2.38 bits per heavy atom. The maximum Gasteiger partial charge on any atom is 0.417 e. The first-order chi connectivity index (χ1) is 3.62. The van der Waals surface area contributed by atoms with Crippen molar-refractivity contribution in [3.05, 3.63) is 0 Å². The highest BCUT2D eigenvalue weighted by Gasteiger charge is 2.17. The van der Waals surface area contributed by atoms with E-state index >= 15 is 0 Å². The SMILES string of the molecule is CP(=O)(OF)OC#N. The smallest absolute Gasteiger partial charge is 0.348 e. The summed E-state index contributed by atoms with van der Waals surface area (Å²) in [6.07, 6.45) is 1.03. The third-order valence-corrected chi connectivity index (χ3v) is 0.996. The maximum absolute atomic E-state index is 10.9. The highest BCUT2D eigenvalue weighted by Crippen LogP contribution is 2.43. The number of nitriles is 1. The Kier molecular flexibility index (Phi) is 2.46. The molecule has 0 bridgehead atoms. The summed E-state index contributed by atoms with van der Waals surface area (Å²) in [4.78, 5) is 0. The zero-order valence-electron chi connectivity index (χ0n) is 4.00. The second-order valence-electron chi connectivity index (χ2n) is 1.02. The van der Waals surface area contributed by atoms with Crippen LogP contribution in [0.3, 0.4) is 0 Å². The molecule has 0 saturated carbocycles. The average molecular weight is 139 g/mol. The van der Waals surface area contributed by atoms with Crippen LogP contribution in [-0.4, -0.2) is 6.66 Å². The Balaban J connectivity index is 3.78. The topological polar surface area (TPSA) is 59.3 Å². The van der Waals surface area contributed by atoms with Crippen LogP contribution < -0.4 is 0 Å². The molecule has 46 valence electrons. The van der Waals surface area contributed by atoms with E-state index in [-0.39, 0.29) is 0 Å².